The highest BCUT2D eigenvalue weighted by Gasteiger charge is 2.11. The van der Waals surface area contributed by atoms with Gasteiger partial charge in [-0.2, -0.15) is 10.2 Å². The zero-order valence-electron chi connectivity index (χ0n) is 10.3. The minimum absolute atomic E-state index is 0.535. The Morgan fingerprint density at radius 2 is 2.12 bits per heavy atom. The van der Waals surface area contributed by atoms with Crippen molar-refractivity contribution >= 4 is 11.5 Å². The zero-order valence-corrected chi connectivity index (χ0v) is 10.3. The second kappa shape index (κ2) is 4.44. The predicted molar refractivity (Wildman–Crippen MR) is 65.3 cm³/mol. The first-order valence-corrected chi connectivity index (χ1v) is 5.51. The van der Waals surface area contributed by atoms with E-state index in [1.54, 1.807) is 15.7 Å². The smallest absolute Gasteiger partial charge is 0.169 e. The summed E-state index contributed by atoms with van der Waals surface area (Å²) >= 11 is 0. The molecule has 0 atom stereocenters. The Labute approximate surface area is 99.6 Å². The average Bonchev–Trinajstić information content (AvgIpc) is 2.82. The third-order valence-corrected chi connectivity index (χ3v) is 2.56. The summed E-state index contributed by atoms with van der Waals surface area (Å²) in [6.45, 7) is 2.57. The number of aryl methyl sites for hydroxylation is 3. The van der Waals surface area contributed by atoms with E-state index in [1.807, 2.05) is 21.0 Å². The van der Waals surface area contributed by atoms with E-state index in [1.165, 1.54) is 0 Å². The van der Waals surface area contributed by atoms with Crippen LogP contribution in [0.4, 0.5) is 11.5 Å². The molecule has 0 spiro atoms. The number of aromatic nitrogens is 5. The molecule has 0 aromatic carbocycles. The second-order valence-corrected chi connectivity index (χ2v) is 3.87. The van der Waals surface area contributed by atoms with E-state index in [0.717, 1.165) is 23.8 Å². The second-order valence-electron chi connectivity index (χ2n) is 3.87. The molecular weight excluding hydrogens is 218 g/mol. The summed E-state index contributed by atoms with van der Waals surface area (Å²) in [6, 6.07) is 0. The molecule has 0 radical (unpaired) electrons. The molecule has 2 aromatic heterocycles. The maximum atomic E-state index is 5.99. The fraction of sp³-hybridized carbons (Fsp3) is 0.500. The lowest BCUT2D eigenvalue weighted by Gasteiger charge is -2.05. The summed E-state index contributed by atoms with van der Waals surface area (Å²) in [5.41, 5.74) is 7.60. The SMILES string of the molecule is CCc1nn(C)c(NCc2ncn(C)n2)c1N. The van der Waals surface area contributed by atoms with Crippen molar-refractivity contribution < 1.29 is 0 Å². The molecule has 0 unspecified atom stereocenters. The molecule has 0 aliphatic rings. The quantitative estimate of drug-likeness (QED) is 0.796. The van der Waals surface area contributed by atoms with Gasteiger partial charge < -0.3 is 11.1 Å². The summed E-state index contributed by atoms with van der Waals surface area (Å²) in [4.78, 5) is 4.14. The van der Waals surface area contributed by atoms with Crippen LogP contribution in [0, 0.1) is 0 Å². The van der Waals surface area contributed by atoms with Crippen molar-refractivity contribution in [2.75, 3.05) is 11.1 Å². The van der Waals surface area contributed by atoms with Crippen LogP contribution in [0.25, 0.3) is 0 Å². The molecule has 17 heavy (non-hydrogen) atoms. The molecule has 0 amide bonds. The van der Waals surface area contributed by atoms with Gasteiger partial charge >= 0.3 is 0 Å². The number of nitrogen functional groups attached to an aromatic ring is 1. The van der Waals surface area contributed by atoms with Crippen LogP contribution in [-0.2, 0) is 27.1 Å². The molecule has 0 saturated heterocycles. The number of nitrogens with one attached hydrogen (secondary N) is 1. The zero-order chi connectivity index (χ0) is 12.4. The molecule has 2 rings (SSSR count). The number of hydrogen-bond donors (Lipinski definition) is 2. The molecule has 0 aliphatic carbocycles. The van der Waals surface area contributed by atoms with Gasteiger partial charge in [-0.25, -0.2) is 4.98 Å². The van der Waals surface area contributed by atoms with Crippen molar-refractivity contribution in [2.45, 2.75) is 19.9 Å². The Kier molecular flexibility index (Phi) is 2.99. The van der Waals surface area contributed by atoms with Crippen molar-refractivity contribution in [2.24, 2.45) is 14.1 Å². The molecule has 2 heterocycles. The normalized spacial score (nSPS) is 10.8. The maximum Gasteiger partial charge on any atom is 0.169 e. The molecule has 0 aliphatic heterocycles. The Hall–Kier alpha value is -2.05. The van der Waals surface area contributed by atoms with Crippen LogP contribution in [0.3, 0.4) is 0 Å². The Bertz CT molecular complexity index is 511. The predicted octanol–water partition coefficient (Wildman–Crippen LogP) is 0.305. The first-order valence-electron chi connectivity index (χ1n) is 5.51. The van der Waals surface area contributed by atoms with Crippen molar-refractivity contribution in [3.05, 3.63) is 17.8 Å². The standard InChI is InChI=1S/C10H17N7/c1-4-7-9(11)10(17(3)14-7)12-5-8-13-6-16(2)15-8/h6,12H,4-5,11H2,1-3H3. The highest BCUT2D eigenvalue weighted by atomic mass is 15.3. The van der Waals surface area contributed by atoms with Gasteiger partial charge in [0.1, 0.15) is 12.1 Å². The summed E-state index contributed by atoms with van der Waals surface area (Å²) in [7, 11) is 3.70. The third kappa shape index (κ3) is 2.22. The van der Waals surface area contributed by atoms with E-state index in [4.69, 9.17) is 5.73 Å². The summed E-state index contributed by atoms with van der Waals surface area (Å²) < 4.78 is 3.41. The van der Waals surface area contributed by atoms with Gasteiger partial charge in [0.2, 0.25) is 0 Å². The molecule has 7 nitrogen and oxygen atoms in total. The monoisotopic (exact) mass is 235 g/mol. The molecule has 3 N–H and O–H groups in total. The minimum Gasteiger partial charge on any atom is -0.394 e. The van der Waals surface area contributed by atoms with Crippen LogP contribution in [0.1, 0.15) is 18.4 Å². The van der Waals surface area contributed by atoms with Gasteiger partial charge in [-0.05, 0) is 6.42 Å². The molecule has 92 valence electrons. The van der Waals surface area contributed by atoms with E-state index >= 15 is 0 Å². The summed E-state index contributed by atoms with van der Waals surface area (Å²) in [5.74, 6) is 1.54. The van der Waals surface area contributed by atoms with Gasteiger partial charge in [-0.15, -0.1) is 0 Å². The van der Waals surface area contributed by atoms with Crippen LogP contribution in [0.5, 0.6) is 0 Å². The van der Waals surface area contributed by atoms with Gasteiger partial charge in [0.05, 0.1) is 17.9 Å². The summed E-state index contributed by atoms with van der Waals surface area (Å²) in [5, 5.41) is 11.7. The van der Waals surface area contributed by atoms with Crippen LogP contribution in [0.15, 0.2) is 6.33 Å². The highest BCUT2D eigenvalue weighted by molar-refractivity contribution is 5.64. The maximum absolute atomic E-state index is 5.99. The van der Waals surface area contributed by atoms with E-state index < -0.39 is 0 Å². The Balaban J connectivity index is 2.11. The van der Waals surface area contributed by atoms with Gasteiger partial charge in [0.15, 0.2) is 5.82 Å². The number of anilines is 2. The van der Waals surface area contributed by atoms with E-state index in [9.17, 15) is 0 Å². The van der Waals surface area contributed by atoms with Crippen LogP contribution < -0.4 is 11.1 Å². The van der Waals surface area contributed by atoms with Crippen molar-refractivity contribution in [3.8, 4) is 0 Å². The van der Waals surface area contributed by atoms with Crippen LogP contribution in [0.2, 0.25) is 0 Å². The van der Waals surface area contributed by atoms with Gasteiger partial charge in [0, 0.05) is 14.1 Å². The topological polar surface area (TPSA) is 86.6 Å². The Morgan fingerprint density at radius 3 is 2.65 bits per heavy atom. The van der Waals surface area contributed by atoms with Crippen molar-refractivity contribution in [1.29, 1.82) is 0 Å². The molecule has 7 heteroatoms. The molecule has 0 fully saturated rings. The van der Waals surface area contributed by atoms with Crippen LogP contribution in [-0.4, -0.2) is 24.5 Å². The lowest BCUT2D eigenvalue weighted by molar-refractivity contribution is 0.734. The largest absolute Gasteiger partial charge is 0.394 e. The van der Waals surface area contributed by atoms with Gasteiger partial charge in [-0.3, -0.25) is 9.36 Å². The van der Waals surface area contributed by atoms with Crippen molar-refractivity contribution in [1.82, 2.24) is 24.5 Å². The Morgan fingerprint density at radius 1 is 1.35 bits per heavy atom. The average molecular weight is 235 g/mol. The van der Waals surface area contributed by atoms with Gasteiger partial charge in [0.25, 0.3) is 0 Å². The first kappa shape index (κ1) is 11.4. The number of nitrogens with zero attached hydrogens (tertiary/aromatic N) is 5. The minimum atomic E-state index is 0.535. The van der Waals surface area contributed by atoms with E-state index in [2.05, 4.69) is 20.5 Å². The molecule has 2 aromatic rings. The van der Waals surface area contributed by atoms with E-state index in [0.29, 0.717) is 12.2 Å². The lowest BCUT2D eigenvalue weighted by atomic mass is 10.3. The lowest BCUT2D eigenvalue weighted by Crippen LogP contribution is -2.07. The molecule has 0 saturated carbocycles. The van der Waals surface area contributed by atoms with Gasteiger partial charge in [-0.1, -0.05) is 6.92 Å². The molecular formula is C10H17N7. The van der Waals surface area contributed by atoms with Crippen LogP contribution >= 0.6 is 0 Å². The number of nitrogens with two attached hydrogens (primary N) is 1. The molecule has 0 bridgehead atoms. The highest BCUT2D eigenvalue weighted by Crippen LogP contribution is 2.22. The number of hydrogen-bond acceptors (Lipinski definition) is 5. The fourth-order valence-electron chi connectivity index (χ4n) is 1.69. The van der Waals surface area contributed by atoms with Crippen molar-refractivity contribution in [3.63, 3.8) is 0 Å². The number of rotatable bonds is 4. The fourth-order valence-corrected chi connectivity index (χ4v) is 1.69. The first-order chi connectivity index (χ1) is 8.11. The summed E-state index contributed by atoms with van der Waals surface area (Å²) in [6.07, 6.45) is 2.49. The third-order valence-electron chi connectivity index (χ3n) is 2.56. The van der Waals surface area contributed by atoms with E-state index in [-0.39, 0.29) is 0 Å².